The first-order valence-electron chi connectivity index (χ1n) is 9.19. The van der Waals surface area contributed by atoms with Gasteiger partial charge in [0.15, 0.2) is 5.69 Å². The van der Waals surface area contributed by atoms with E-state index in [2.05, 4.69) is 4.98 Å². The zero-order chi connectivity index (χ0) is 20.8. The molecule has 0 saturated carbocycles. The van der Waals surface area contributed by atoms with E-state index in [1.54, 1.807) is 18.2 Å². The second kappa shape index (κ2) is 9.24. The Balaban J connectivity index is 2.04. The fourth-order valence-corrected chi connectivity index (χ4v) is 3.45. The Hall–Kier alpha value is -3.33. The number of aromatic amines is 1. The molecule has 0 aliphatic carbocycles. The largest absolute Gasteiger partial charge is 0.467 e. The number of carbonyl (C=O) groups excluding carboxylic acids is 1. The van der Waals surface area contributed by atoms with Crippen molar-refractivity contribution in [3.05, 3.63) is 73.5 Å². The van der Waals surface area contributed by atoms with Gasteiger partial charge in [-0.1, -0.05) is 19.4 Å². The molecule has 1 amide bonds. The topological polar surface area (TPSA) is 114 Å². The van der Waals surface area contributed by atoms with Crippen molar-refractivity contribution in [1.29, 1.82) is 0 Å². The van der Waals surface area contributed by atoms with Gasteiger partial charge in [0.05, 0.1) is 12.8 Å². The summed E-state index contributed by atoms with van der Waals surface area (Å²) in [7, 11) is 0. The maximum atomic E-state index is 13.0. The van der Waals surface area contributed by atoms with Gasteiger partial charge in [0.1, 0.15) is 11.6 Å². The van der Waals surface area contributed by atoms with Crippen molar-refractivity contribution < 1.29 is 9.21 Å². The van der Waals surface area contributed by atoms with E-state index in [1.807, 2.05) is 24.4 Å². The summed E-state index contributed by atoms with van der Waals surface area (Å²) < 4.78 is 6.63. The first kappa shape index (κ1) is 20.4. The molecular weight excluding hydrogens is 392 g/mol. The number of aromatic nitrogens is 2. The van der Waals surface area contributed by atoms with E-state index < -0.39 is 17.2 Å². The normalized spacial score (nSPS) is 11.2. The molecule has 9 heteroatoms. The highest BCUT2D eigenvalue weighted by atomic mass is 32.1. The van der Waals surface area contributed by atoms with Crippen molar-refractivity contribution in [3.63, 3.8) is 0 Å². The summed E-state index contributed by atoms with van der Waals surface area (Å²) >= 11 is 1.48. The number of thiophene rings is 1. The van der Waals surface area contributed by atoms with Crippen molar-refractivity contribution in [2.24, 2.45) is 0 Å². The Labute approximate surface area is 170 Å². The number of nitrogens with two attached hydrogens (primary N) is 1. The number of rotatable bonds is 8. The molecule has 0 unspecified atom stereocenters. The Morgan fingerprint density at radius 2 is 2.17 bits per heavy atom. The van der Waals surface area contributed by atoms with Crippen LogP contribution in [0.15, 0.2) is 56.0 Å². The highest BCUT2D eigenvalue weighted by Gasteiger charge is 2.24. The summed E-state index contributed by atoms with van der Waals surface area (Å²) in [5.74, 6) is -0.0164. The lowest BCUT2D eigenvalue weighted by Gasteiger charge is -2.22. The van der Waals surface area contributed by atoms with Gasteiger partial charge in [0.25, 0.3) is 11.5 Å². The fourth-order valence-electron chi connectivity index (χ4n) is 2.83. The number of hydrogen-bond acceptors (Lipinski definition) is 6. The number of amides is 1. The van der Waals surface area contributed by atoms with E-state index >= 15 is 0 Å². The number of H-pyrrole nitrogens is 1. The van der Waals surface area contributed by atoms with Crippen LogP contribution in [0.1, 0.15) is 30.4 Å². The average molecular weight is 414 g/mol. The van der Waals surface area contributed by atoms with Gasteiger partial charge in [-0.2, -0.15) is 0 Å². The number of furan rings is 1. The van der Waals surface area contributed by atoms with Gasteiger partial charge in [0.2, 0.25) is 0 Å². The first-order valence-corrected chi connectivity index (χ1v) is 10.1. The highest BCUT2D eigenvalue weighted by Crippen LogP contribution is 2.21. The first-order chi connectivity index (χ1) is 14.0. The molecular formula is C20H22N4O4S. The molecule has 3 N–H and O–H groups in total. The van der Waals surface area contributed by atoms with Crippen LogP contribution in [0.4, 0.5) is 11.5 Å². The Kier molecular flexibility index (Phi) is 6.50. The summed E-state index contributed by atoms with van der Waals surface area (Å²) in [6.07, 6.45) is 6.07. The van der Waals surface area contributed by atoms with Crippen LogP contribution in [-0.4, -0.2) is 15.5 Å². The molecule has 8 nitrogen and oxygen atoms in total. The molecule has 0 atom stereocenters. The lowest BCUT2D eigenvalue weighted by Crippen LogP contribution is -2.40. The van der Waals surface area contributed by atoms with Crippen LogP contribution in [0.5, 0.6) is 0 Å². The van der Waals surface area contributed by atoms with Crippen molar-refractivity contribution >= 4 is 34.8 Å². The van der Waals surface area contributed by atoms with Crippen molar-refractivity contribution in [2.75, 3.05) is 10.6 Å². The van der Waals surface area contributed by atoms with Gasteiger partial charge in [-0.05, 0) is 36.1 Å². The zero-order valence-electron chi connectivity index (χ0n) is 16.0. The number of nitrogens with zero attached hydrogens (tertiary/aromatic N) is 2. The second-order valence-electron chi connectivity index (χ2n) is 6.35. The summed E-state index contributed by atoms with van der Waals surface area (Å²) in [4.78, 5) is 42.2. The molecule has 0 fully saturated rings. The van der Waals surface area contributed by atoms with Crippen LogP contribution in [-0.2, 0) is 17.9 Å². The molecule has 0 radical (unpaired) electrons. The Morgan fingerprint density at radius 3 is 2.83 bits per heavy atom. The zero-order valence-corrected chi connectivity index (χ0v) is 16.8. The molecule has 0 aromatic carbocycles. The number of anilines is 2. The molecule has 3 aromatic rings. The number of unbranched alkanes of at least 4 members (excludes halogenated alkanes) is 1. The number of nitrogens with one attached hydrogen (secondary N) is 1. The Bertz CT molecular complexity index is 1090. The molecule has 3 heterocycles. The summed E-state index contributed by atoms with van der Waals surface area (Å²) in [6.45, 7) is 2.33. The third-order valence-electron chi connectivity index (χ3n) is 4.31. The monoisotopic (exact) mass is 414 g/mol. The molecule has 0 spiro atoms. The molecule has 3 rings (SSSR count). The molecule has 0 saturated heterocycles. The van der Waals surface area contributed by atoms with Crippen LogP contribution < -0.4 is 21.9 Å². The van der Waals surface area contributed by atoms with Gasteiger partial charge < -0.3 is 10.2 Å². The summed E-state index contributed by atoms with van der Waals surface area (Å²) in [6, 6.07) is 7.13. The third kappa shape index (κ3) is 4.75. The minimum absolute atomic E-state index is 0.000124. The van der Waals surface area contributed by atoms with E-state index in [1.165, 1.54) is 33.1 Å². The highest BCUT2D eigenvalue weighted by molar-refractivity contribution is 7.10. The number of hydrogen-bond donors (Lipinski definition) is 2. The molecule has 29 heavy (non-hydrogen) atoms. The summed E-state index contributed by atoms with van der Waals surface area (Å²) in [5, 5.41) is 1.90. The van der Waals surface area contributed by atoms with Crippen molar-refractivity contribution in [3.8, 4) is 0 Å². The molecule has 3 aromatic heterocycles. The van der Waals surface area contributed by atoms with Crippen LogP contribution in [0.3, 0.4) is 0 Å². The predicted octanol–water partition coefficient (Wildman–Crippen LogP) is 2.82. The maximum Gasteiger partial charge on any atom is 0.330 e. The SMILES string of the molecule is CCCCn1c(N)c(N(Cc2ccco2)C(=O)C=Cc2cccs2)c(=O)[nH]c1=O. The van der Waals surface area contributed by atoms with Crippen molar-refractivity contribution in [1.82, 2.24) is 9.55 Å². The van der Waals surface area contributed by atoms with Crippen LogP contribution >= 0.6 is 11.3 Å². The quantitative estimate of drug-likeness (QED) is 0.550. The fraction of sp³-hybridized carbons (Fsp3) is 0.250. The van der Waals surface area contributed by atoms with Gasteiger partial charge in [-0.15, -0.1) is 11.3 Å². The average Bonchev–Trinajstić information content (AvgIpc) is 3.39. The molecule has 152 valence electrons. The minimum atomic E-state index is -0.718. The van der Waals surface area contributed by atoms with Gasteiger partial charge >= 0.3 is 5.69 Å². The molecule has 0 aliphatic heterocycles. The lowest BCUT2D eigenvalue weighted by atomic mass is 10.3. The maximum absolute atomic E-state index is 13.0. The molecule has 0 aliphatic rings. The second-order valence-corrected chi connectivity index (χ2v) is 7.33. The number of carbonyl (C=O) groups is 1. The van der Waals surface area contributed by atoms with Crippen LogP contribution in [0.25, 0.3) is 6.08 Å². The van der Waals surface area contributed by atoms with Crippen LogP contribution in [0.2, 0.25) is 0 Å². The van der Waals surface area contributed by atoms with Gasteiger partial charge in [0, 0.05) is 17.5 Å². The van der Waals surface area contributed by atoms with Gasteiger partial charge in [-0.3, -0.25) is 24.0 Å². The number of nitrogen functional groups attached to an aromatic ring is 1. The third-order valence-corrected chi connectivity index (χ3v) is 5.15. The van der Waals surface area contributed by atoms with E-state index in [4.69, 9.17) is 10.2 Å². The van der Waals surface area contributed by atoms with E-state index in [9.17, 15) is 14.4 Å². The Morgan fingerprint density at radius 1 is 1.34 bits per heavy atom. The standard InChI is InChI=1S/C20H22N4O4S/c1-2-3-10-23-18(21)17(19(26)22-20(23)27)24(13-14-6-4-11-28-14)16(25)9-8-15-7-5-12-29-15/h4-9,11-12H,2-3,10,13,21H2,1H3,(H,22,26,27). The smallest absolute Gasteiger partial charge is 0.330 e. The van der Waals surface area contributed by atoms with E-state index in [0.29, 0.717) is 18.7 Å². The lowest BCUT2D eigenvalue weighted by molar-refractivity contribution is -0.114. The molecule has 0 bridgehead atoms. The van der Waals surface area contributed by atoms with E-state index in [-0.39, 0.29) is 18.1 Å². The minimum Gasteiger partial charge on any atom is -0.467 e. The predicted molar refractivity (Wildman–Crippen MR) is 114 cm³/mol. The summed E-state index contributed by atoms with van der Waals surface area (Å²) in [5.41, 5.74) is 4.80. The van der Waals surface area contributed by atoms with Crippen molar-refractivity contribution in [2.45, 2.75) is 32.9 Å². The van der Waals surface area contributed by atoms with E-state index in [0.717, 1.165) is 11.3 Å². The van der Waals surface area contributed by atoms with Gasteiger partial charge in [-0.25, -0.2) is 4.79 Å². The van der Waals surface area contributed by atoms with Crippen LogP contribution in [0, 0.1) is 0 Å².